The lowest BCUT2D eigenvalue weighted by Crippen LogP contribution is -2.56. The highest BCUT2D eigenvalue weighted by Gasteiger charge is 2.42. The molecule has 0 fully saturated rings. The molecule has 0 bridgehead atoms. The van der Waals surface area contributed by atoms with E-state index in [2.05, 4.69) is 10.6 Å². The van der Waals surface area contributed by atoms with E-state index in [1.54, 1.807) is 30.3 Å². The average molecular weight is 541 g/mol. The lowest BCUT2D eigenvalue weighted by molar-refractivity contribution is -0.160. The van der Waals surface area contributed by atoms with Crippen LogP contribution < -0.4 is 21.7 Å². The fraction of sp³-hybridized carbons (Fsp3) is 0.542. The van der Waals surface area contributed by atoms with E-state index in [1.165, 1.54) is 14.0 Å². The summed E-state index contributed by atoms with van der Waals surface area (Å²) in [5, 5.41) is 46.2. The summed E-state index contributed by atoms with van der Waals surface area (Å²) in [6, 6.07) is 6.71. The number of imide groups is 1. The Kier molecular flexibility index (Phi) is 14.1. The second kappa shape index (κ2) is 16.4. The molecule has 1 aromatic carbocycles. The number of ether oxygens (including phenoxy) is 1. The molecule has 0 heterocycles. The van der Waals surface area contributed by atoms with Gasteiger partial charge in [0.1, 0.15) is 24.6 Å². The Labute approximate surface area is 219 Å². The minimum Gasteiger partial charge on any atom is -0.481 e. The van der Waals surface area contributed by atoms with Gasteiger partial charge >= 0.3 is 12.0 Å². The summed E-state index contributed by atoms with van der Waals surface area (Å²) in [5.74, 6) is -6.29. The number of benzene rings is 1. The summed E-state index contributed by atoms with van der Waals surface area (Å²) in [5.41, 5.74) is 6.32. The molecule has 3 unspecified atom stereocenters. The molecule has 0 spiro atoms. The maximum Gasteiger partial charge on any atom is 0.321 e. The van der Waals surface area contributed by atoms with E-state index in [-0.39, 0.29) is 6.54 Å². The van der Waals surface area contributed by atoms with Crippen molar-refractivity contribution in [3.05, 3.63) is 35.9 Å². The number of amides is 4. The molecule has 4 amide bonds. The molecule has 1 aromatic rings. The molecule has 7 atom stereocenters. The zero-order valence-corrected chi connectivity index (χ0v) is 21.1. The number of urea groups is 1. The molecule has 0 aromatic heterocycles. The summed E-state index contributed by atoms with van der Waals surface area (Å²) < 4.78 is 5.83. The van der Waals surface area contributed by atoms with Gasteiger partial charge in [-0.15, -0.1) is 0 Å². The molecular formula is C24H36N4O10. The van der Waals surface area contributed by atoms with Gasteiger partial charge in [0.2, 0.25) is 11.8 Å². The summed E-state index contributed by atoms with van der Waals surface area (Å²) in [6.07, 6.45) is -6.97. The fourth-order valence-corrected chi connectivity index (χ4v) is 3.89. The van der Waals surface area contributed by atoms with E-state index in [9.17, 15) is 39.3 Å². The van der Waals surface area contributed by atoms with Crippen LogP contribution in [0.1, 0.15) is 25.3 Å². The van der Waals surface area contributed by atoms with Gasteiger partial charge in [0.25, 0.3) is 0 Å². The minimum absolute atomic E-state index is 0.148. The van der Waals surface area contributed by atoms with Crippen LogP contribution in [-0.4, -0.2) is 94.6 Å². The number of aldehydes is 1. The molecule has 14 nitrogen and oxygen atoms in total. The van der Waals surface area contributed by atoms with Crippen molar-refractivity contribution in [2.24, 2.45) is 17.6 Å². The lowest BCUT2D eigenvalue weighted by Gasteiger charge is -2.36. The second-order valence-electron chi connectivity index (χ2n) is 8.61. The van der Waals surface area contributed by atoms with Crippen molar-refractivity contribution < 1.29 is 49.1 Å². The Balaban J connectivity index is 3.30. The smallest absolute Gasteiger partial charge is 0.321 e. The highest BCUT2D eigenvalue weighted by atomic mass is 16.5. The van der Waals surface area contributed by atoms with E-state index in [0.29, 0.717) is 6.29 Å². The molecule has 9 N–H and O–H groups in total. The Morgan fingerprint density at radius 1 is 1.13 bits per heavy atom. The number of hydrogen-bond donors (Lipinski definition) is 8. The van der Waals surface area contributed by atoms with Crippen molar-refractivity contribution >= 4 is 30.1 Å². The van der Waals surface area contributed by atoms with Gasteiger partial charge in [0, 0.05) is 20.0 Å². The van der Waals surface area contributed by atoms with Gasteiger partial charge in [0.15, 0.2) is 0 Å². The van der Waals surface area contributed by atoms with Crippen LogP contribution in [0.25, 0.3) is 0 Å². The number of primary amides is 1. The van der Waals surface area contributed by atoms with Crippen molar-refractivity contribution in [3.8, 4) is 0 Å². The predicted octanol–water partition coefficient (Wildman–Crippen LogP) is -2.13. The van der Waals surface area contributed by atoms with Gasteiger partial charge in [-0.05, 0) is 18.9 Å². The van der Waals surface area contributed by atoms with Crippen LogP contribution in [0.5, 0.6) is 0 Å². The number of nitrogens with two attached hydrogens (primary N) is 1. The van der Waals surface area contributed by atoms with E-state index in [1.807, 2.05) is 5.32 Å². The van der Waals surface area contributed by atoms with Crippen LogP contribution in [0, 0.1) is 11.8 Å². The first-order chi connectivity index (χ1) is 18.0. The monoisotopic (exact) mass is 540 g/mol. The summed E-state index contributed by atoms with van der Waals surface area (Å²) in [6.45, 7) is 0.574. The first kappa shape index (κ1) is 32.6. The SMILES string of the molecule is CNC(=O)NC(=O)C(CCC(=O)O)C(C(N)=O)C(C)O[C@@H]([C@H](O)[C@H](O)CO)[C@H](C=O)NCc1ccccc1. The van der Waals surface area contributed by atoms with Crippen molar-refractivity contribution in [2.45, 2.75) is 56.8 Å². The number of hydrogen-bond acceptors (Lipinski definition) is 10. The van der Waals surface area contributed by atoms with Crippen LogP contribution in [0.4, 0.5) is 4.79 Å². The van der Waals surface area contributed by atoms with Gasteiger partial charge in [-0.3, -0.25) is 19.7 Å². The fourth-order valence-electron chi connectivity index (χ4n) is 3.89. The van der Waals surface area contributed by atoms with Crippen LogP contribution >= 0.6 is 0 Å². The van der Waals surface area contributed by atoms with E-state index < -0.39 is 85.6 Å². The number of rotatable bonds is 17. The van der Waals surface area contributed by atoms with Gasteiger partial charge in [-0.2, -0.15) is 0 Å². The summed E-state index contributed by atoms with van der Waals surface area (Å²) >= 11 is 0. The van der Waals surface area contributed by atoms with Crippen LogP contribution in [0.2, 0.25) is 0 Å². The Morgan fingerprint density at radius 2 is 1.76 bits per heavy atom. The number of aliphatic hydroxyl groups excluding tert-OH is 3. The second-order valence-corrected chi connectivity index (χ2v) is 8.61. The van der Waals surface area contributed by atoms with Crippen LogP contribution in [0.15, 0.2) is 30.3 Å². The van der Waals surface area contributed by atoms with Crippen LogP contribution in [0.3, 0.4) is 0 Å². The molecule has 0 aliphatic rings. The number of carboxylic acids is 1. The number of aliphatic hydroxyl groups is 3. The molecule has 14 heteroatoms. The largest absolute Gasteiger partial charge is 0.481 e. The Bertz CT molecular complexity index is 932. The third-order valence-electron chi connectivity index (χ3n) is 5.91. The molecule has 38 heavy (non-hydrogen) atoms. The topological polar surface area (TPSA) is 238 Å². The number of aliphatic carboxylic acids is 1. The average Bonchev–Trinajstić information content (AvgIpc) is 2.89. The van der Waals surface area contributed by atoms with Crippen LogP contribution in [-0.2, 0) is 30.5 Å². The zero-order valence-electron chi connectivity index (χ0n) is 21.1. The van der Waals surface area contributed by atoms with Gasteiger partial charge < -0.3 is 46.3 Å². The maximum absolute atomic E-state index is 12.8. The normalized spacial score (nSPS) is 16.7. The zero-order chi connectivity index (χ0) is 28.8. The summed E-state index contributed by atoms with van der Waals surface area (Å²) in [7, 11) is 1.24. The van der Waals surface area contributed by atoms with E-state index >= 15 is 0 Å². The molecule has 0 aliphatic heterocycles. The standard InChI is InChI=1S/C24H36N4O10/c1-13(19(22(25)35)15(8-9-18(32)33)23(36)28-24(37)26-2)38-21(20(34)17(31)12-30)16(11-29)27-10-14-6-4-3-5-7-14/h3-7,11,13,15-17,19-21,27,30-31,34H,8-10,12H2,1-2H3,(H2,25,35)(H,32,33)(H2,26,28,36,37)/t13?,15?,16-,17+,19?,20+,21+/m0/s1. The van der Waals surface area contributed by atoms with Gasteiger partial charge in [-0.1, -0.05) is 30.3 Å². The number of carbonyl (C=O) groups is 5. The van der Waals surface area contributed by atoms with Crippen molar-refractivity contribution in [1.82, 2.24) is 16.0 Å². The highest BCUT2D eigenvalue weighted by Crippen LogP contribution is 2.26. The van der Waals surface area contributed by atoms with Gasteiger partial charge in [-0.25, -0.2) is 4.79 Å². The highest BCUT2D eigenvalue weighted by molar-refractivity contribution is 5.97. The predicted molar refractivity (Wildman–Crippen MR) is 132 cm³/mol. The Hall–Kier alpha value is -3.43. The molecule has 1 rings (SSSR count). The lowest BCUT2D eigenvalue weighted by atomic mass is 9.83. The number of nitrogens with one attached hydrogen (secondary N) is 3. The number of carbonyl (C=O) groups excluding carboxylic acids is 4. The minimum atomic E-state index is -1.83. The quantitative estimate of drug-likeness (QED) is 0.0993. The molecule has 0 aliphatic carbocycles. The third-order valence-corrected chi connectivity index (χ3v) is 5.91. The molecule has 0 saturated carbocycles. The van der Waals surface area contributed by atoms with Crippen molar-refractivity contribution in [1.29, 1.82) is 0 Å². The molecule has 0 radical (unpaired) electrons. The third kappa shape index (κ3) is 10.1. The first-order valence-electron chi connectivity index (χ1n) is 11.8. The molecule has 212 valence electrons. The van der Waals surface area contributed by atoms with E-state index in [0.717, 1.165) is 5.56 Å². The Morgan fingerprint density at radius 3 is 2.26 bits per heavy atom. The van der Waals surface area contributed by atoms with Crippen molar-refractivity contribution in [2.75, 3.05) is 13.7 Å². The van der Waals surface area contributed by atoms with E-state index in [4.69, 9.17) is 15.6 Å². The van der Waals surface area contributed by atoms with Crippen molar-refractivity contribution in [3.63, 3.8) is 0 Å². The molecule has 0 saturated heterocycles. The molecular weight excluding hydrogens is 504 g/mol. The maximum atomic E-state index is 12.8. The first-order valence-corrected chi connectivity index (χ1v) is 11.8. The van der Waals surface area contributed by atoms with Gasteiger partial charge in [0.05, 0.1) is 30.6 Å². The summed E-state index contributed by atoms with van der Waals surface area (Å²) in [4.78, 5) is 60.1. The number of carboxylic acid groups (broad SMARTS) is 1.